The first kappa shape index (κ1) is 16.2. The molecule has 0 saturated carbocycles. The smallest absolute Gasteiger partial charge is 0.0489 e. The lowest BCUT2D eigenvalue weighted by Crippen LogP contribution is -2.49. The molecule has 2 aliphatic rings. The van der Waals surface area contributed by atoms with Gasteiger partial charge in [0.05, 0.1) is 0 Å². The largest absolute Gasteiger partial charge is 0.315 e. The van der Waals surface area contributed by atoms with E-state index in [0.29, 0.717) is 0 Å². The van der Waals surface area contributed by atoms with Gasteiger partial charge in [0.2, 0.25) is 0 Å². The number of pyridine rings is 1. The maximum absolute atomic E-state index is 4.66. The second-order valence-corrected chi connectivity index (χ2v) is 5.07. The van der Waals surface area contributed by atoms with Crippen molar-refractivity contribution in [2.45, 2.75) is 12.8 Å². The highest BCUT2D eigenvalue weighted by molar-refractivity contribution is 5.93. The predicted molar refractivity (Wildman–Crippen MR) is 82.4 cm³/mol. The molecule has 106 valence electrons. The van der Waals surface area contributed by atoms with E-state index in [4.69, 9.17) is 0 Å². The maximum atomic E-state index is 4.66. The molecular formula is C13H20Cl2N4. The second-order valence-electron chi connectivity index (χ2n) is 5.07. The van der Waals surface area contributed by atoms with Crippen molar-refractivity contribution in [1.82, 2.24) is 15.3 Å². The zero-order valence-electron chi connectivity index (χ0n) is 11.0. The molecule has 4 nitrogen and oxygen atoms in total. The molecule has 1 fully saturated rings. The van der Waals surface area contributed by atoms with Crippen LogP contribution in [-0.2, 0) is 6.42 Å². The molecule has 0 amide bonds. The monoisotopic (exact) mass is 302 g/mol. The summed E-state index contributed by atoms with van der Waals surface area (Å²) in [5.41, 5.74) is 2.69. The molecule has 1 atom stereocenters. The molecule has 0 bridgehead atoms. The Balaban J connectivity index is 0.000000902. The van der Waals surface area contributed by atoms with Gasteiger partial charge in [-0.2, -0.15) is 5.10 Å². The van der Waals surface area contributed by atoms with Crippen molar-refractivity contribution in [2.24, 2.45) is 10.5 Å². The van der Waals surface area contributed by atoms with Crippen LogP contribution in [0.4, 0.5) is 0 Å². The fraction of sp³-hybridized carbons (Fsp3) is 0.538. The Morgan fingerprint density at radius 3 is 2.95 bits per heavy atom. The van der Waals surface area contributed by atoms with Crippen LogP contribution in [0, 0.1) is 5.41 Å². The van der Waals surface area contributed by atoms with Crippen molar-refractivity contribution in [1.29, 1.82) is 0 Å². The molecule has 3 heterocycles. The van der Waals surface area contributed by atoms with Crippen molar-refractivity contribution in [3.63, 3.8) is 0 Å². The standard InChI is InChI=1S/C13H18N4.2ClH/c1-17-10-13(8-11-4-2-3-6-15-11)9-14-7-5-12(13)16-17;;/h2-4,6,14H,5,7-10H2,1H3;2*1H. The Kier molecular flexibility index (Phi) is 5.59. The van der Waals surface area contributed by atoms with Crippen LogP contribution >= 0.6 is 24.8 Å². The van der Waals surface area contributed by atoms with Gasteiger partial charge in [0.1, 0.15) is 0 Å². The second kappa shape index (κ2) is 6.55. The molecule has 1 aromatic heterocycles. The van der Waals surface area contributed by atoms with Gasteiger partial charge in [-0.3, -0.25) is 9.99 Å². The average molecular weight is 303 g/mol. The molecule has 3 rings (SSSR count). The first-order chi connectivity index (χ1) is 8.28. The Hall–Kier alpha value is -0.840. The Labute approximate surface area is 126 Å². The fourth-order valence-electron chi connectivity index (χ4n) is 2.95. The normalized spacial score (nSPS) is 24.9. The highest BCUT2D eigenvalue weighted by Crippen LogP contribution is 2.33. The van der Waals surface area contributed by atoms with Crippen LogP contribution in [0.15, 0.2) is 29.5 Å². The van der Waals surface area contributed by atoms with Crippen molar-refractivity contribution in [3.8, 4) is 0 Å². The van der Waals surface area contributed by atoms with Crippen molar-refractivity contribution in [3.05, 3.63) is 30.1 Å². The van der Waals surface area contributed by atoms with Gasteiger partial charge in [0.25, 0.3) is 0 Å². The molecular weight excluding hydrogens is 283 g/mol. The van der Waals surface area contributed by atoms with Gasteiger partial charge in [-0.05, 0) is 12.1 Å². The molecule has 0 aliphatic carbocycles. The summed E-state index contributed by atoms with van der Waals surface area (Å²) < 4.78 is 0. The minimum absolute atomic E-state index is 0. The molecule has 0 radical (unpaired) electrons. The zero-order chi connectivity index (χ0) is 11.7. The summed E-state index contributed by atoms with van der Waals surface area (Å²) in [7, 11) is 2.06. The molecule has 1 saturated heterocycles. The van der Waals surface area contributed by atoms with Crippen LogP contribution in [0.1, 0.15) is 12.1 Å². The molecule has 6 heteroatoms. The Morgan fingerprint density at radius 2 is 2.21 bits per heavy atom. The quantitative estimate of drug-likeness (QED) is 0.905. The number of hydrogen-bond donors (Lipinski definition) is 1. The average Bonchev–Trinajstić information content (AvgIpc) is 2.66. The lowest BCUT2D eigenvalue weighted by atomic mass is 9.76. The van der Waals surface area contributed by atoms with Gasteiger partial charge in [-0.15, -0.1) is 24.8 Å². The van der Waals surface area contributed by atoms with E-state index in [1.54, 1.807) is 0 Å². The van der Waals surface area contributed by atoms with E-state index in [1.165, 1.54) is 11.4 Å². The Morgan fingerprint density at radius 1 is 1.37 bits per heavy atom. The minimum atomic E-state index is 0. The van der Waals surface area contributed by atoms with E-state index < -0.39 is 0 Å². The third-order valence-corrected chi connectivity index (χ3v) is 3.68. The number of piperidine rings is 1. The number of aromatic nitrogens is 1. The molecule has 2 aliphatic heterocycles. The molecule has 1 N–H and O–H groups in total. The number of halogens is 2. The molecule has 1 aromatic rings. The maximum Gasteiger partial charge on any atom is 0.0489 e. The van der Waals surface area contributed by atoms with E-state index in [0.717, 1.165) is 32.5 Å². The predicted octanol–water partition coefficient (Wildman–Crippen LogP) is 1.75. The van der Waals surface area contributed by atoms with Gasteiger partial charge in [-0.1, -0.05) is 6.07 Å². The summed E-state index contributed by atoms with van der Waals surface area (Å²) in [5.74, 6) is 0. The number of nitrogens with zero attached hydrogens (tertiary/aromatic N) is 3. The van der Waals surface area contributed by atoms with Crippen LogP contribution in [-0.4, -0.2) is 42.4 Å². The van der Waals surface area contributed by atoms with Crippen LogP contribution in [0.2, 0.25) is 0 Å². The number of hydrazone groups is 1. The topological polar surface area (TPSA) is 40.5 Å². The van der Waals surface area contributed by atoms with Gasteiger partial charge < -0.3 is 5.32 Å². The van der Waals surface area contributed by atoms with E-state index in [-0.39, 0.29) is 30.2 Å². The van der Waals surface area contributed by atoms with Gasteiger partial charge >= 0.3 is 0 Å². The van der Waals surface area contributed by atoms with E-state index in [9.17, 15) is 0 Å². The summed E-state index contributed by atoms with van der Waals surface area (Å²) >= 11 is 0. The zero-order valence-corrected chi connectivity index (χ0v) is 12.6. The number of nitrogens with one attached hydrogen (secondary N) is 1. The highest BCUT2D eigenvalue weighted by Gasteiger charge is 2.43. The lowest BCUT2D eigenvalue weighted by molar-refractivity contribution is 0.270. The van der Waals surface area contributed by atoms with E-state index in [2.05, 4.69) is 39.6 Å². The van der Waals surface area contributed by atoms with E-state index in [1.807, 2.05) is 12.3 Å². The van der Waals surface area contributed by atoms with Gasteiger partial charge in [-0.25, -0.2) is 0 Å². The summed E-state index contributed by atoms with van der Waals surface area (Å²) in [4.78, 5) is 4.45. The first-order valence-corrected chi connectivity index (χ1v) is 6.18. The number of fused-ring (bicyclic) bond motifs is 1. The van der Waals surface area contributed by atoms with E-state index >= 15 is 0 Å². The minimum Gasteiger partial charge on any atom is -0.315 e. The first-order valence-electron chi connectivity index (χ1n) is 6.18. The highest BCUT2D eigenvalue weighted by atomic mass is 35.5. The molecule has 1 unspecified atom stereocenters. The SMILES string of the molecule is CN1CC2(Cc3ccccn3)CNCCC2=N1.Cl.Cl. The third-order valence-electron chi connectivity index (χ3n) is 3.68. The van der Waals surface area contributed by atoms with Crippen LogP contribution in [0.3, 0.4) is 0 Å². The summed E-state index contributed by atoms with van der Waals surface area (Å²) in [6.45, 7) is 3.08. The summed E-state index contributed by atoms with van der Waals surface area (Å²) in [5, 5.41) is 10.2. The van der Waals surface area contributed by atoms with Crippen LogP contribution in [0.25, 0.3) is 0 Å². The molecule has 19 heavy (non-hydrogen) atoms. The van der Waals surface area contributed by atoms with Crippen molar-refractivity contribution < 1.29 is 0 Å². The number of rotatable bonds is 2. The van der Waals surface area contributed by atoms with Gasteiger partial charge in [0, 0.05) is 62.5 Å². The summed E-state index contributed by atoms with van der Waals surface area (Å²) in [6.07, 6.45) is 3.93. The molecule has 0 spiro atoms. The van der Waals surface area contributed by atoms with Gasteiger partial charge in [0.15, 0.2) is 0 Å². The Bertz CT molecular complexity index is 438. The lowest BCUT2D eigenvalue weighted by Gasteiger charge is -2.34. The summed E-state index contributed by atoms with van der Waals surface area (Å²) in [6, 6.07) is 6.14. The third kappa shape index (κ3) is 3.19. The number of hydrogen-bond acceptors (Lipinski definition) is 4. The van der Waals surface area contributed by atoms with Crippen LogP contribution < -0.4 is 5.32 Å². The van der Waals surface area contributed by atoms with Crippen molar-refractivity contribution in [2.75, 3.05) is 26.7 Å². The van der Waals surface area contributed by atoms with Crippen molar-refractivity contribution >= 4 is 30.5 Å². The van der Waals surface area contributed by atoms with Crippen LogP contribution in [0.5, 0.6) is 0 Å². The fourth-order valence-corrected chi connectivity index (χ4v) is 2.95. The molecule has 0 aromatic carbocycles.